The van der Waals surface area contributed by atoms with E-state index in [4.69, 9.17) is 9.47 Å². The third kappa shape index (κ3) is 3.24. The third-order valence-electron chi connectivity index (χ3n) is 3.83. The molecular formula is C18H21NO3. The summed E-state index contributed by atoms with van der Waals surface area (Å²) in [6.45, 7) is 4.09. The Morgan fingerprint density at radius 1 is 1.05 bits per heavy atom. The van der Waals surface area contributed by atoms with Crippen LogP contribution in [0.3, 0.4) is 0 Å². The van der Waals surface area contributed by atoms with Crippen LogP contribution in [0.25, 0.3) is 0 Å². The molecule has 1 aromatic carbocycles. The SMILES string of the molecule is COC(OC)C(C)(C)c1ccc(C(=O)c2cccnc2)cc1. The van der Waals surface area contributed by atoms with Gasteiger partial charge in [-0.3, -0.25) is 9.78 Å². The second-order valence-electron chi connectivity index (χ2n) is 5.67. The zero-order valence-corrected chi connectivity index (χ0v) is 13.4. The molecule has 0 spiro atoms. The Hall–Kier alpha value is -2.04. The zero-order chi connectivity index (χ0) is 16.2. The minimum atomic E-state index is -0.354. The van der Waals surface area contributed by atoms with Gasteiger partial charge >= 0.3 is 0 Å². The first-order chi connectivity index (χ1) is 10.5. The van der Waals surface area contributed by atoms with Crippen LogP contribution in [-0.4, -0.2) is 31.3 Å². The standard InChI is InChI=1S/C18H21NO3/c1-18(2,17(21-3)22-4)15-9-7-13(8-10-15)16(20)14-6-5-11-19-12-14/h5-12,17H,1-4H3. The van der Waals surface area contributed by atoms with Gasteiger partial charge in [0.05, 0.1) is 0 Å². The highest BCUT2D eigenvalue weighted by Crippen LogP contribution is 2.29. The van der Waals surface area contributed by atoms with Crippen molar-refractivity contribution in [2.45, 2.75) is 25.6 Å². The molecule has 0 atom stereocenters. The molecule has 4 heteroatoms. The summed E-state index contributed by atoms with van der Waals surface area (Å²) in [6.07, 6.45) is 2.87. The predicted molar refractivity (Wildman–Crippen MR) is 84.9 cm³/mol. The molecule has 0 bridgehead atoms. The lowest BCUT2D eigenvalue weighted by molar-refractivity contribution is -0.141. The normalized spacial score (nSPS) is 11.7. The Labute approximate surface area is 131 Å². The highest BCUT2D eigenvalue weighted by atomic mass is 16.7. The smallest absolute Gasteiger partial charge is 0.194 e. The Bertz CT molecular complexity index is 617. The molecule has 2 rings (SSSR count). The van der Waals surface area contributed by atoms with Crippen LogP contribution in [0, 0.1) is 0 Å². The molecule has 0 amide bonds. The molecular weight excluding hydrogens is 278 g/mol. The van der Waals surface area contributed by atoms with Gasteiger partial charge in [-0.15, -0.1) is 0 Å². The predicted octanol–water partition coefficient (Wildman–Crippen LogP) is 3.21. The van der Waals surface area contributed by atoms with E-state index < -0.39 is 0 Å². The van der Waals surface area contributed by atoms with E-state index in [1.807, 2.05) is 38.1 Å². The van der Waals surface area contributed by atoms with Gasteiger partial charge in [-0.25, -0.2) is 0 Å². The number of aromatic nitrogens is 1. The Morgan fingerprint density at radius 2 is 1.68 bits per heavy atom. The van der Waals surface area contributed by atoms with Gasteiger partial charge in [-0.1, -0.05) is 38.1 Å². The summed E-state index contributed by atoms with van der Waals surface area (Å²) < 4.78 is 10.7. The van der Waals surface area contributed by atoms with Gasteiger partial charge in [0.25, 0.3) is 0 Å². The molecule has 1 heterocycles. The fourth-order valence-corrected chi connectivity index (χ4v) is 2.54. The number of ether oxygens (including phenoxy) is 2. The number of pyridine rings is 1. The largest absolute Gasteiger partial charge is 0.355 e. The van der Waals surface area contributed by atoms with E-state index in [1.165, 1.54) is 0 Å². The zero-order valence-electron chi connectivity index (χ0n) is 13.4. The van der Waals surface area contributed by atoms with Gasteiger partial charge in [-0.05, 0) is 17.7 Å². The maximum absolute atomic E-state index is 12.4. The quantitative estimate of drug-likeness (QED) is 0.607. The number of methoxy groups -OCH3 is 2. The van der Waals surface area contributed by atoms with E-state index in [0.29, 0.717) is 11.1 Å². The van der Waals surface area contributed by atoms with Gasteiger partial charge in [-0.2, -0.15) is 0 Å². The lowest BCUT2D eigenvalue weighted by Gasteiger charge is -2.32. The number of rotatable bonds is 6. The number of nitrogens with zero attached hydrogens (tertiary/aromatic N) is 1. The first-order valence-corrected chi connectivity index (χ1v) is 7.11. The van der Waals surface area contributed by atoms with E-state index in [9.17, 15) is 4.79 Å². The third-order valence-corrected chi connectivity index (χ3v) is 3.83. The Balaban J connectivity index is 2.26. The number of carbonyl (C=O) groups is 1. The fourth-order valence-electron chi connectivity index (χ4n) is 2.54. The van der Waals surface area contributed by atoms with Crippen LogP contribution in [0.2, 0.25) is 0 Å². The maximum Gasteiger partial charge on any atom is 0.194 e. The summed E-state index contributed by atoms with van der Waals surface area (Å²) in [5.74, 6) is -0.0347. The van der Waals surface area contributed by atoms with Gasteiger partial charge in [0, 0.05) is 43.2 Å². The second-order valence-corrected chi connectivity index (χ2v) is 5.67. The monoisotopic (exact) mass is 299 g/mol. The van der Waals surface area contributed by atoms with Gasteiger partial charge < -0.3 is 9.47 Å². The molecule has 116 valence electrons. The number of hydrogen-bond donors (Lipinski definition) is 0. The number of hydrogen-bond acceptors (Lipinski definition) is 4. The molecule has 0 aliphatic rings. The maximum atomic E-state index is 12.4. The van der Waals surface area contributed by atoms with Crippen LogP contribution in [0.15, 0.2) is 48.8 Å². The van der Waals surface area contributed by atoms with E-state index in [1.54, 1.807) is 38.7 Å². The van der Waals surface area contributed by atoms with Crippen molar-refractivity contribution in [3.8, 4) is 0 Å². The van der Waals surface area contributed by atoms with Crippen molar-refractivity contribution in [2.75, 3.05) is 14.2 Å². The average Bonchev–Trinajstić information content (AvgIpc) is 2.56. The first kappa shape index (κ1) is 16.3. The second kappa shape index (κ2) is 6.81. The minimum absolute atomic E-state index is 0.0347. The van der Waals surface area contributed by atoms with E-state index >= 15 is 0 Å². The summed E-state index contributed by atoms with van der Waals surface area (Å²) in [7, 11) is 3.24. The minimum Gasteiger partial charge on any atom is -0.355 e. The van der Waals surface area contributed by atoms with Crippen LogP contribution in [0.1, 0.15) is 35.3 Å². The van der Waals surface area contributed by atoms with Crippen LogP contribution < -0.4 is 0 Å². The van der Waals surface area contributed by atoms with Gasteiger partial charge in [0.2, 0.25) is 0 Å². The van der Waals surface area contributed by atoms with Crippen LogP contribution in [0.4, 0.5) is 0 Å². The molecule has 4 nitrogen and oxygen atoms in total. The molecule has 0 N–H and O–H groups in total. The van der Waals surface area contributed by atoms with Crippen molar-refractivity contribution >= 4 is 5.78 Å². The molecule has 0 fully saturated rings. The molecule has 0 aliphatic heterocycles. The number of ketones is 1. The van der Waals surface area contributed by atoms with Crippen molar-refractivity contribution in [1.29, 1.82) is 0 Å². The van der Waals surface area contributed by atoms with Crippen molar-refractivity contribution in [1.82, 2.24) is 4.98 Å². The lowest BCUT2D eigenvalue weighted by Crippen LogP contribution is -2.36. The molecule has 22 heavy (non-hydrogen) atoms. The van der Waals surface area contributed by atoms with E-state index in [-0.39, 0.29) is 17.5 Å². The summed E-state index contributed by atoms with van der Waals surface area (Å²) in [5.41, 5.74) is 1.95. The first-order valence-electron chi connectivity index (χ1n) is 7.11. The van der Waals surface area contributed by atoms with Crippen molar-refractivity contribution in [3.05, 3.63) is 65.5 Å². The average molecular weight is 299 g/mol. The van der Waals surface area contributed by atoms with Gasteiger partial charge in [0.15, 0.2) is 12.1 Å². The van der Waals surface area contributed by atoms with Crippen molar-refractivity contribution in [3.63, 3.8) is 0 Å². The van der Waals surface area contributed by atoms with Crippen LogP contribution in [0.5, 0.6) is 0 Å². The van der Waals surface area contributed by atoms with E-state index in [2.05, 4.69) is 4.98 Å². The number of carbonyl (C=O) groups excluding carboxylic acids is 1. The molecule has 1 aromatic heterocycles. The topological polar surface area (TPSA) is 48.4 Å². The lowest BCUT2D eigenvalue weighted by atomic mass is 9.83. The molecule has 0 saturated carbocycles. The summed E-state index contributed by atoms with van der Waals surface area (Å²) in [5, 5.41) is 0. The Kier molecular flexibility index (Phi) is 5.06. The van der Waals surface area contributed by atoms with Crippen LogP contribution >= 0.6 is 0 Å². The van der Waals surface area contributed by atoms with Crippen LogP contribution in [-0.2, 0) is 14.9 Å². The highest BCUT2D eigenvalue weighted by molar-refractivity contribution is 6.08. The molecule has 0 unspecified atom stereocenters. The molecule has 0 saturated heterocycles. The van der Waals surface area contributed by atoms with Gasteiger partial charge in [0.1, 0.15) is 0 Å². The number of benzene rings is 1. The van der Waals surface area contributed by atoms with Crippen molar-refractivity contribution < 1.29 is 14.3 Å². The molecule has 2 aromatic rings. The Morgan fingerprint density at radius 3 is 2.18 bits per heavy atom. The molecule has 0 aliphatic carbocycles. The summed E-state index contributed by atoms with van der Waals surface area (Å²) in [6, 6.07) is 11.1. The highest BCUT2D eigenvalue weighted by Gasteiger charge is 2.31. The summed E-state index contributed by atoms with van der Waals surface area (Å²) in [4.78, 5) is 16.3. The fraction of sp³-hybridized carbons (Fsp3) is 0.333. The molecule has 0 radical (unpaired) electrons. The van der Waals surface area contributed by atoms with Crippen molar-refractivity contribution in [2.24, 2.45) is 0 Å². The van der Waals surface area contributed by atoms with E-state index in [0.717, 1.165) is 5.56 Å². The summed E-state index contributed by atoms with van der Waals surface area (Å²) >= 11 is 0.